The quantitative estimate of drug-likeness (QED) is 0.608. The van der Waals surface area contributed by atoms with Gasteiger partial charge in [0.1, 0.15) is 0 Å². The minimum Gasteiger partial charge on any atom is -0.341 e. The van der Waals surface area contributed by atoms with Crippen molar-refractivity contribution in [2.75, 3.05) is 38.4 Å². The summed E-state index contributed by atoms with van der Waals surface area (Å²) in [6.07, 6.45) is 0.500. The Bertz CT molecular complexity index is 959. The van der Waals surface area contributed by atoms with E-state index >= 15 is 0 Å². The first-order valence-corrected chi connectivity index (χ1v) is 12.3. The van der Waals surface area contributed by atoms with Gasteiger partial charge in [0.05, 0.1) is 23.3 Å². The van der Waals surface area contributed by atoms with Gasteiger partial charge in [-0.25, -0.2) is 8.42 Å². The lowest BCUT2D eigenvalue weighted by atomic mass is 10.2. The van der Waals surface area contributed by atoms with Crippen LogP contribution in [0.15, 0.2) is 35.5 Å². The number of amides is 1. The van der Waals surface area contributed by atoms with Gasteiger partial charge in [0.25, 0.3) is 0 Å². The van der Waals surface area contributed by atoms with Gasteiger partial charge in [0.15, 0.2) is 20.8 Å². The van der Waals surface area contributed by atoms with E-state index in [1.165, 1.54) is 11.8 Å². The Morgan fingerprint density at radius 2 is 1.93 bits per heavy atom. The number of sulfone groups is 1. The molecule has 0 unspecified atom stereocenters. The molecule has 1 aromatic carbocycles. The lowest BCUT2D eigenvalue weighted by Crippen LogP contribution is -2.38. The summed E-state index contributed by atoms with van der Waals surface area (Å²) in [4.78, 5) is 16.3. The van der Waals surface area contributed by atoms with Gasteiger partial charge in [-0.1, -0.05) is 30.0 Å². The van der Waals surface area contributed by atoms with Crippen LogP contribution in [0.3, 0.4) is 0 Å². The van der Waals surface area contributed by atoms with Crippen molar-refractivity contribution in [1.82, 2.24) is 24.6 Å². The third-order valence-corrected chi connectivity index (χ3v) is 7.96. The highest BCUT2D eigenvalue weighted by Crippen LogP contribution is 2.27. The molecule has 2 atom stereocenters. The maximum atomic E-state index is 12.7. The molecule has 1 amide bonds. The van der Waals surface area contributed by atoms with Gasteiger partial charge in [-0.2, -0.15) is 0 Å². The molecule has 10 heteroatoms. The fourth-order valence-electron chi connectivity index (χ4n) is 3.21. The minimum absolute atomic E-state index is 0.0409. The number of carbonyl (C=O) groups excluding carboxylic acids is 1. The fraction of sp³-hybridized carbons (Fsp3) is 0.526. The molecule has 0 aliphatic carbocycles. The van der Waals surface area contributed by atoms with Gasteiger partial charge in [-0.3, -0.25) is 14.3 Å². The third-order valence-electron chi connectivity index (χ3n) is 5.30. The Morgan fingerprint density at radius 3 is 2.52 bits per heavy atom. The van der Waals surface area contributed by atoms with Crippen molar-refractivity contribution in [1.29, 1.82) is 0 Å². The molecule has 158 valence electrons. The largest absolute Gasteiger partial charge is 0.341 e. The van der Waals surface area contributed by atoms with Crippen molar-refractivity contribution in [3.05, 3.63) is 36.2 Å². The first-order valence-electron chi connectivity index (χ1n) is 9.45. The summed E-state index contributed by atoms with van der Waals surface area (Å²) in [6, 6.07) is 9.61. The van der Waals surface area contributed by atoms with Crippen molar-refractivity contribution >= 4 is 27.5 Å². The second-order valence-electron chi connectivity index (χ2n) is 7.50. The molecular weight excluding hydrogens is 410 g/mol. The summed E-state index contributed by atoms with van der Waals surface area (Å²) in [5, 5.41) is 9.35. The van der Waals surface area contributed by atoms with E-state index in [4.69, 9.17) is 0 Å². The number of hydrogen-bond donors (Lipinski definition) is 0. The monoisotopic (exact) mass is 437 g/mol. The molecule has 2 heterocycles. The number of aromatic nitrogens is 3. The fourth-order valence-corrected chi connectivity index (χ4v) is 5.87. The van der Waals surface area contributed by atoms with Crippen LogP contribution < -0.4 is 0 Å². The van der Waals surface area contributed by atoms with Crippen LogP contribution in [0.4, 0.5) is 0 Å². The SMILES string of the molecule is C[C@H](c1nnc(SCC(=O)N(C)[C@H]2CCS(=O)(=O)C2)n1-c1ccccc1)N(C)C. The van der Waals surface area contributed by atoms with Crippen LogP contribution >= 0.6 is 11.8 Å². The zero-order chi connectivity index (χ0) is 21.2. The Kier molecular flexibility index (Phi) is 6.65. The number of nitrogens with zero attached hydrogens (tertiary/aromatic N) is 5. The lowest BCUT2D eigenvalue weighted by Gasteiger charge is -2.23. The standard InChI is InChI=1S/C19H27N5O3S2/c1-14(22(2)3)18-20-21-19(24(18)15-8-6-5-7-9-15)28-12-17(25)23(4)16-10-11-29(26,27)13-16/h5-9,14,16H,10-13H2,1-4H3/t14-,16+/m1/s1. The molecule has 8 nitrogen and oxygen atoms in total. The molecular formula is C19H27N5O3S2. The molecule has 0 N–H and O–H groups in total. The molecule has 0 bridgehead atoms. The van der Waals surface area contributed by atoms with Crippen molar-refractivity contribution in [2.24, 2.45) is 0 Å². The Morgan fingerprint density at radius 1 is 1.24 bits per heavy atom. The molecule has 1 saturated heterocycles. The second-order valence-corrected chi connectivity index (χ2v) is 10.7. The summed E-state index contributed by atoms with van der Waals surface area (Å²) >= 11 is 1.32. The average Bonchev–Trinajstić information content (AvgIpc) is 3.28. The highest BCUT2D eigenvalue weighted by Gasteiger charge is 2.33. The van der Waals surface area contributed by atoms with Gasteiger partial charge in [-0.05, 0) is 39.6 Å². The zero-order valence-electron chi connectivity index (χ0n) is 17.1. The summed E-state index contributed by atoms with van der Waals surface area (Å²) in [7, 11) is 2.61. The Balaban J connectivity index is 1.78. The molecule has 2 aromatic rings. The van der Waals surface area contributed by atoms with E-state index in [0.717, 1.165) is 11.5 Å². The summed E-state index contributed by atoms with van der Waals surface area (Å²) in [6.45, 7) is 2.05. The predicted octanol–water partition coefficient (Wildman–Crippen LogP) is 1.63. The Hall–Kier alpha value is -1.91. The van der Waals surface area contributed by atoms with Gasteiger partial charge < -0.3 is 4.90 Å². The normalized spacial score (nSPS) is 19.4. The highest BCUT2D eigenvalue weighted by molar-refractivity contribution is 7.99. The van der Waals surface area contributed by atoms with Gasteiger partial charge >= 0.3 is 0 Å². The first-order chi connectivity index (χ1) is 13.7. The number of para-hydroxylation sites is 1. The van der Waals surface area contributed by atoms with Crippen LogP contribution in [0.2, 0.25) is 0 Å². The molecule has 1 aromatic heterocycles. The topological polar surface area (TPSA) is 88.4 Å². The van der Waals surface area contributed by atoms with E-state index in [-0.39, 0.29) is 35.2 Å². The Labute approximate surface area is 176 Å². The smallest absolute Gasteiger partial charge is 0.233 e. The van der Waals surface area contributed by atoms with E-state index in [1.54, 1.807) is 11.9 Å². The van der Waals surface area contributed by atoms with Crippen molar-refractivity contribution in [3.63, 3.8) is 0 Å². The number of thioether (sulfide) groups is 1. The number of benzene rings is 1. The summed E-state index contributed by atoms with van der Waals surface area (Å²) < 4.78 is 25.4. The molecule has 1 fully saturated rings. The minimum atomic E-state index is -3.03. The van der Waals surface area contributed by atoms with Crippen molar-refractivity contribution in [3.8, 4) is 5.69 Å². The van der Waals surface area contributed by atoms with Gasteiger partial charge in [-0.15, -0.1) is 10.2 Å². The van der Waals surface area contributed by atoms with Gasteiger partial charge in [0.2, 0.25) is 5.91 Å². The van der Waals surface area contributed by atoms with Crippen LogP contribution in [-0.4, -0.2) is 83.3 Å². The van der Waals surface area contributed by atoms with Gasteiger partial charge in [0, 0.05) is 18.8 Å². The highest BCUT2D eigenvalue weighted by atomic mass is 32.2. The van der Waals surface area contributed by atoms with E-state index in [0.29, 0.717) is 11.6 Å². The van der Waals surface area contributed by atoms with Crippen LogP contribution in [0.25, 0.3) is 5.69 Å². The summed E-state index contributed by atoms with van der Waals surface area (Å²) in [5.41, 5.74) is 0.936. The van der Waals surface area contributed by atoms with Crippen molar-refractivity contribution < 1.29 is 13.2 Å². The maximum Gasteiger partial charge on any atom is 0.233 e. The predicted molar refractivity (Wildman–Crippen MR) is 114 cm³/mol. The van der Waals surface area contributed by atoms with Crippen LogP contribution in [0.5, 0.6) is 0 Å². The van der Waals surface area contributed by atoms with E-state index in [1.807, 2.05) is 49.0 Å². The molecule has 0 radical (unpaired) electrons. The number of carbonyl (C=O) groups is 1. The maximum absolute atomic E-state index is 12.7. The van der Waals surface area contributed by atoms with E-state index in [9.17, 15) is 13.2 Å². The second kappa shape index (κ2) is 8.85. The van der Waals surface area contributed by atoms with Crippen molar-refractivity contribution in [2.45, 2.75) is 30.6 Å². The number of rotatable bonds is 7. The van der Waals surface area contributed by atoms with Crippen LogP contribution in [-0.2, 0) is 14.6 Å². The lowest BCUT2D eigenvalue weighted by molar-refractivity contribution is -0.128. The van der Waals surface area contributed by atoms with E-state index < -0.39 is 9.84 Å². The van der Waals surface area contributed by atoms with Crippen LogP contribution in [0, 0.1) is 0 Å². The molecule has 29 heavy (non-hydrogen) atoms. The molecule has 1 aliphatic heterocycles. The number of hydrogen-bond acceptors (Lipinski definition) is 7. The molecule has 0 saturated carbocycles. The van der Waals surface area contributed by atoms with E-state index in [2.05, 4.69) is 22.0 Å². The van der Waals surface area contributed by atoms with Crippen LogP contribution in [0.1, 0.15) is 25.2 Å². The molecule has 0 spiro atoms. The average molecular weight is 438 g/mol. The molecule has 1 aliphatic rings. The summed E-state index contributed by atoms with van der Waals surface area (Å²) in [5.74, 6) is 1.06. The third kappa shape index (κ3) is 4.99. The molecule has 3 rings (SSSR count). The zero-order valence-corrected chi connectivity index (χ0v) is 18.8. The first kappa shape index (κ1) is 21.8.